The predicted octanol–water partition coefficient (Wildman–Crippen LogP) is 1.96. The number of aryl methyl sites for hydroxylation is 1. The Hall–Kier alpha value is -1.88. The minimum Gasteiger partial charge on any atom is -0.351 e. The fourth-order valence-corrected chi connectivity index (χ4v) is 2.91. The number of carbonyl (C=O) groups excluding carboxylic acids is 2. The smallest absolute Gasteiger partial charge is 0.251 e. The number of hydrogen-bond donors (Lipinski definition) is 2. The monoisotopic (exact) mass is 331 g/mol. The molecule has 0 bridgehead atoms. The van der Waals surface area contributed by atoms with Gasteiger partial charge in [0.1, 0.15) is 6.04 Å². The van der Waals surface area contributed by atoms with E-state index in [9.17, 15) is 9.59 Å². The summed E-state index contributed by atoms with van der Waals surface area (Å²) in [6.45, 7) is 7.87. The molecule has 1 saturated heterocycles. The Morgan fingerprint density at radius 3 is 2.25 bits per heavy atom. The van der Waals surface area contributed by atoms with Crippen molar-refractivity contribution < 1.29 is 9.59 Å². The first-order valence-corrected chi connectivity index (χ1v) is 8.73. The maximum atomic E-state index is 12.6. The van der Waals surface area contributed by atoms with Crippen molar-refractivity contribution in [1.29, 1.82) is 0 Å². The van der Waals surface area contributed by atoms with E-state index in [-0.39, 0.29) is 23.8 Å². The van der Waals surface area contributed by atoms with Gasteiger partial charge in [-0.1, -0.05) is 31.5 Å². The lowest BCUT2D eigenvalue weighted by Crippen LogP contribution is -2.53. The highest BCUT2D eigenvalue weighted by Gasteiger charge is 2.27. The molecule has 1 aromatic rings. The van der Waals surface area contributed by atoms with Gasteiger partial charge in [-0.15, -0.1) is 0 Å². The average molecular weight is 331 g/mol. The van der Waals surface area contributed by atoms with Gasteiger partial charge in [0.25, 0.3) is 5.91 Å². The fourth-order valence-electron chi connectivity index (χ4n) is 2.91. The average Bonchev–Trinajstić information content (AvgIpc) is 2.54. The summed E-state index contributed by atoms with van der Waals surface area (Å²) < 4.78 is 0. The maximum absolute atomic E-state index is 12.6. The molecule has 1 aromatic carbocycles. The summed E-state index contributed by atoms with van der Waals surface area (Å²) >= 11 is 0. The van der Waals surface area contributed by atoms with Crippen molar-refractivity contribution >= 4 is 11.8 Å². The number of likely N-dealkylation sites (tertiary alicyclic amines) is 1. The van der Waals surface area contributed by atoms with Crippen LogP contribution in [0.2, 0.25) is 0 Å². The van der Waals surface area contributed by atoms with E-state index in [0.717, 1.165) is 31.5 Å². The summed E-state index contributed by atoms with van der Waals surface area (Å²) in [7, 11) is 2.09. The molecule has 5 heteroatoms. The van der Waals surface area contributed by atoms with Gasteiger partial charge in [-0.3, -0.25) is 9.59 Å². The van der Waals surface area contributed by atoms with Crippen LogP contribution in [-0.4, -0.2) is 48.9 Å². The fraction of sp³-hybridized carbons (Fsp3) is 0.579. The highest BCUT2D eigenvalue weighted by molar-refractivity contribution is 5.97. The Bertz CT molecular complexity index is 560. The van der Waals surface area contributed by atoms with Gasteiger partial charge in [-0.05, 0) is 58.0 Å². The molecule has 24 heavy (non-hydrogen) atoms. The second kappa shape index (κ2) is 8.29. The summed E-state index contributed by atoms with van der Waals surface area (Å²) in [4.78, 5) is 27.3. The number of rotatable bonds is 5. The molecule has 1 aliphatic rings. The van der Waals surface area contributed by atoms with Crippen LogP contribution in [0.1, 0.15) is 42.6 Å². The Labute approximate surface area is 144 Å². The molecule has 1 atom stereocenters. The molecule has 1 heterocycles. The molecular weight excluding hydrogens is 302 g/mol. The topological polar surface area (TPSA) is 61.4 Å². The van der Waals surface area contributed by atoms with Crippen LogP contribution in [0.3, 0.4) is 0 Å². The molecule has 0 aromatic heterocycles. The Kier molecular flexibility index (Phi) is 6.37. The van der Waals surface area contributed by atoms with Gasteiger partial charge in [0.15, 0.2) is 0 Å². The van der Waals surface area contributed by atoms with Crippen LogP contribution in [0, 0.1) is 12.8 Å². The van der Waals surface area contributed by atoms with Crippen molar-refractivity contribution in [3.05, 3.63) is 35.4 Å². The Balaban J connectivity index is 1.96. The first-order valence-electron chi connectivity index (χ1n) is 8.73. The van der Waals surface area contributed by atoms with Crippen molar-refractivity contribution in [2.24, 2.45) is 5.92 Å². The zero-order valence-electron chi connectivity index (χ0n) is 15.1. The molecular formula is C19H29N3O2. The molecule has 0 spiro atoms. The van der Waals surface area contributed by atoms with Gasteiger partial charge >= 0.3 is 0 Å². The molecule has 2 amide bonds. The lowest BCUT2D eigenvalue weighted by molar-refractivity contribution is -0.125. The number of nitrogens with zero attached hydrogens (tertiary/aromatic N) is 1. The first kappa shape index (κ1) is 18.5. The van der Waals surface area contributed by atoms with E-state index >= 15 is 0 Å². The Morgan fingerprint density at radius 2 is 1.71 bits per heavy atom. The van der Waals surface area contributed by atoms with E-state index in [0.29, 0.717) is 5.56 Å². The second-order valence-electron chi connectivity index (χ2n) is 7.15. The third-order valence-electron chi connectivity index (χ3n) is 4.61. The van der Waals surface area contributed by atoms with Crippen LogP contribution < -0.4 is 10.6 Å². The molecule has 132 valence electrons. The zero-order chi connectivity index (χ0) is 17.7. The van der Waals surface area contributed by atoms with Crippen molar-refractivity contribution in [1.82, 2.24) is 15.5 Å². The maximum Gasteiger partial charge on any atom is 0.251 e. The second-order valence-corrected chi connectivity index (χ2v) is 7.15. The largest absolute Gasteiger partial charge is 0.351 e. The summed E-state index contributed by atoms with van der Waals surface area (Å²) in [6, 6.07) is 7.06. The number of nitrogens with one attached hydrogen (secondary N) is 2. The van der Waals surface area contributed by atoms with Gasteiger partial charge in [0, 0.05) is 11.6 Å². The standard InChI is InChI=1S/C19H29N3O2/c1-13(2)17(19(24)20-16-9-11-22(4)12-10-16)21-18(23)15-7-5-14(3)6-8-15/h5-8,13,16-17H,9-12H2,1-4H3,(H,20,24)(H,21,23)/t17-/m0/s1. The summed E-state index contributed by atoms with van der Waals surface area (Å²) in [5, 5.41) is 6.00. The molecule has 2 rings (SSSR count). The molecule has 5 nitrogen and oxygen atoms in total. The van der Waals surface area contributed by atoms with E-state index in [1.165, 1.54) is 0 Å². The molecule has 1 aliphatic heterocycles. The van der Waals surface area contributed by atoms with E-state index in [1.807, 2.05) is 32.9 Å². The number of piperidine rings is 1. The normalized spacial score (nSPS) is 17.5. The minimum absolute atomic E-state index is 0.0330. The van der Waals surface area contributed by atoms with E-state index in [4.69, 9.17) is 0 Å². The van der Waals surface area contributed by atoms with Gasteiger partial charge in [0.2, 0.25) is 5.91 Å². The number of carbonyl (C=O) groups is 2. The van der Waals surface area contributed by atoms with E-state index in [1.54, 1.807) is 12.1 Å². The Morgan fingerprint density at radius 1 is 1.12 bits per heavy atom. The molecule has 0 unspecified atom stereocenters. The summed E-state index contributed by atoms with van der Waals surface area (Å²) in [5.74, 6) is -0.252. The zero-order valence-corrected chi connectivity index (χ0v) is 15.1. The third kappa shape index (κ3) is 5.06. The number of hydrogen-bond acceptors (Lipinski definition) is 3. The van der Waals surface area contributed by atoms with Crippen LogP contribution in [0.15, 0.2) is 24.3 Å². The van der Waals surface area contributed by atoms with Gasteiger partial charge in [0.05, 0.1) is 0 Å². The molecule has 2 N–H and O–H groups in total. The van der Waals surface area contributed by atoms with Crippen molar-refractivity contribution in [3.63, 3.8) is 0 Å². The lowest BCUT2D eigenvalue weighted by Gasteiger charge is -2.31. The minimum atomic E-state index is -0.515. The van der Waals surface area contributed by atoms with Crippen LogP contribution in [-0.2, 0) is 4.79 Å². The molecule has 1 fully saturated rings. The predicted molar refractivity (Wildman–Crippen MR) is 95.9 cm³/mol. The van der Waals surface area contributed by atoms with Crippen molar-refractivity contribution in [3.8, 4) is 0 Å². The number of benzene rings is 1. The number of amides is 2. The van der Waals surface area contributed by atoms with Gasteiger partial charge in [-0.2, -0.15) is 0 Å². The highest BCUT2D eigenvalue weighted by Crippen LogP contribution is 2.11. The molecule has 0 aliphatic carbocycles. The SMILES string of the molecule is Cc1ccc(C(=O)N[C@H](C(=O)NC2CCN(C)CC2)C(C)C)cc1. The van der Waals surface area contributed by atoms with Crippen molar-refractivity contribution in [2.75, 3.05) is 20.1 Å². The van der Waals surface area contributed by atoms with Gasteiger partial charge < -0.3 is 15.5 Å². The van der Waals surface area contributed by atoms with Crippen LogP contribution >= 0.6 is 0 Å². The third-order valence-corrected chi connectivity index (χ3v) is 4.61. The van der Waals surface area contributed by atoms with E-state index in [2.05, 4.69) is 22.6 Å². The van der Waals surface area contributed by atoms with E-state index < -0.39 is 6.04 Å². The molecule has 0 saturated carbocycles. The van der Waals surface area contributed by atoms with Gasteiger partial charge in [-0.25, -0.2) is 0 Å². The van der Waals surface area contributed by atoms with Crippen LogP contribution in [0.4, 0.5) is 0 Å². The quantitative estimate of drug-likeness (QED) is 0.867. The lowest BCUT2D eigenvalue weighted by atomic mass is 10.00. The summed E-state index contributed by atoms with van der Waals surface area (Å²) in [6.07, 6.45) is 1.91. The summed E-state index contributed by atoms with van der Waals surface area (Å²) in [5.41, 5.74) is 1.69. The first-order chi connectivity index (χ1) is 11.4. The molecule has 0 radical (unpaired) electrons. The van der Waals surface area contributed by atoms with Crippen LogP contribution in [0.5, 0.6) is 0 Å². The van der Waals surface area contributed by atoms with Crippen molar-refractivity contribution in [2.45, 2.75) is 45.7 Å². The highest BCUT2D eigenvalue weighted by atomic mass is 16.2. The van der Waals surface area contributed by atoms with Crippen LogP contribution in [0.25, 0.3) is 0 Å².